The van der Waals surface area contributed by atoms with Gasteiger partial charge in [-0.15, -0.1) is 11.3 Å². The third-order valence-corrected chi connectivity index (χ3v) is 9.78. The molecule has 0 saturated carbocycles. The van der Waals surface area contributed by atoms with Crippen LogP contribution in [0.15, 0.2) is 121 Å². The molecule has 4 nitrogen and oxygen atoms in total. The summed E-state index contributed by atoms with van der Waals surface area (Å²) in [7, 11) is 0. The van der Waals surface area contributed by atoms with E-state index >= 15 is 0 Å². The van der Waals surface area contributed by atoms with Gasteiger partial charge in [0.05, 0.1) is 51.6 Å². The number of nitriles is 1. The second-order valence-electron chi connectivity index (χ2n) is 10.7. The lowest BCUT2D eigenvalue weighted by Gasteiger charge is -2.16. The van der Waals surface area contributed by atoms with E-state index in [0.717, 1.165) is 49.6 Å². The first-order chi connectivity index (χ1) is 21.3. The van der Waals surface area contributed by atoms with E-state index in [9.17, 15) is 5.26 Å². The van der Waals surface area contributed by atoms with Crippen molar-refractivity contribution in [3.05, 3.63) is 138 Å². The van der Waals surface area contributed by atoms with Crippen molar-refractivity contribution in [2.24, 2.45) is 0 Å². The Labute approximate surface area is 250 Å². The molecule has 6 aromatic carbocycles. The molecule has 198 valence electrons. The molecule has 9 aromatic rings. The van der Waals surface area contributed by atoms with Gasteiger partial charge in [-0.3, -0.25) is 0 Å². The fourth-order valence-corrected chi connectivity index (χ4v) is 8.04. The highest BCUT2D eigenvalue weighted by Gasteiger charge is 2.22. The van der Waals surface area contributed by atoms with E-state index in [4.69, 9.17) is 6.57 Å². The van der Waals surface area contributed by atoms with Gasteiger partial charge in [-0.1, -0.05) is 78.9 Å². The molecule has 0 aliphatic carbocycles. The molecule has 9 rings (SSSR count). The summed E-state index contributed by atoms with van der Waals surface area (Å²) in [6.07, 6.45) is 0. The van der Waals surface area contributed by atoms with Crippen LogP contribution >= 0.6 is 11.3 Å². The first-order valence-electron chi connectivity index (χ1n) is 14.0. The maximum absolute atomic E-state index is 10.4. The highest BCUT2D eigenvalue weighted by atomic mass is 32.1. The van der Waals surface area contributed by atoms with E-state index in [2.05, 4.69) is 98.9 Å². The van der Waals surface area contributed by atoms with Gasteiger partial charge < -0.3 is 9.13 Å². The van der Waals surface area contributed by atoms with Gasteiger partial charge in [-0.05, 0) is 42.5 Å². The number of rotatable bonds is 2. The average Bonchev–Trinajstić information content (AvgIpc) is 3.72. The van der Waals surface area contributed by atoms with Crippen molar-refractivity contribution in [1.29, 1.82) is 5.26 Å². The van der Waals surface area contributed by atoms with E-state index in [1.54, 1.807) is 6.07 Å². The standard InChI is InChI=1S/C38H20N4S/c1-40-29-20-23(22-39)34(21-35(29)41-30-14-6-2-10-24(30)25-11-3-7-15-31(25)41)42-32-16-8-4-13-28(32)37-33(42)19-18-27-26-12-5-9-17-36(26)43-38(27)37/h2-21H. The Bertz CT molecular complexity index is 2650. The molecule has 0 aliphatic rings. The smallest absolute Gasteiger partial charge is 0.212 e. The molecule has 0 spiro atoms. The molecule has 0 fully saturated rings. The number of nitrogens with zero attached hydrogens (tertiary/aromatic N) is 4. The fraction of sp³-hybridized carbons (Fsp3) is 0. The van der Waals surface area contributed by atoms with Gasteiger partial charge in [0.25, 0.3) is 0 Å². The zero-order valence-corrected chi connectivity index (χ0v) is 23.6. The maximum atomic E-state index is 10.4. The molecule has 0 bridgehead atoms. The Kier molecular flexibility index (Phi) is 4.87. The van der Waals surface area contributed by atoms with Crippen LogP contribution in [-0.4, -0.2) is 9.13 Å². The molecule has 0 atom stereocenters. The lowest BCUT2D eigenvalue weighted by atomic mass is 10.1. The number of hydrogen-bond acceptors (Lipinski definition) is 2. The molecule has 0 amide bonds. The van der Waals surface area contributed by atoms with Gasteiger partial charge in [0, 0.05) is 41.7 Å². The zero-order valence-electron chi connectivity index (χ0n) is 22.7. The van der Waals surface area contributed by atoms with Crippen molar-refractivity contribution in [2.75, 3.05) is 0 Å². The molecule has 43 heavy (non-hydrogen) atoms. The number of hydrogen-bond donors (Lipinski definition) is 0. The molecular weight excluding hydrogens is 545 g/mol. The summed E-state index contributed by atoms with van der Waals surface area (Å²) in [5.41, 5.74) is 6.56. The average molecular weight is 565 g/mol. The van der Waals surface area contributed by atoms with Crippen LogP contribution in [0.2, 0.25) is 0 Å². The minimum atomic E-state index is 0.444. The van der Waals surface area contributed by atoms with Crippen molar-refractivity contribution in [3.63, 3.8) is 0 Å². The summed E-state index contributed by atoms with van der Waals surface area (Å²) in [4.78, 5) is 3.93. The summed E-state index contributed by atoms with van der Waals surface area (Å²) in [5.74, 6) is 0. The fourth-order valence-electron chi connectivity index (χ4n) is 6.79. The van der Waals surface area contributed by atoms with Crippen LogP contribution < -0.4 is 0 Å². The van der Waals surface area contributed by atoms with Gasteiger partial charge in [-0.25, -0.2) is 4.85 Å². The second-order valence-corrected chi connectivity index (χ2v) is 11.8. The lowest BCUT2D eigenvalue weighted by Crippen LogP contribution is -2.02. The Morgan fingerprint density at radius 3 is 1.84 bits per heavy atom. The molecular formula is C38H20N4S. The van der Waals surface area contributed by atoms with Gasteiger partial charge >= 0.3 is 0 Å². The van der Waals surface area contributed by atoms with Crippen LogP contribution in [0.3, 0.4) is 0 Å². The van der Waals surface area contributed by atoms with Crippen LogP contribution in [0.25, 0.3) is 80.0 Å². The van der Waals surface area contributed by atoms with Crippen LogP contribution in [0.1, 0.15) is 5.56 Å². The third kappa shape index (κ3) is 3.17. The van der Waals surface area contributed by atoms with Crippen molar-refractivity contribution < 1.29 is 0 Å². The predicted molar refractivity (Wildman–Crippen MR) is 179 cm³/mol. The summed E-state index contributed by atoms with van der Waals surface area (Å²) < 4.78 is 6.88. The molecule has 0 aliphatic heterocycles. The molecule has 0 unspecified atom stereocenters. The van der Waals surface area contributed by atoms with E-state index in [1.807, 2.05) is 47.7 Å². The third-order valence-electron chi connectivity index (χ3n) is 8.58. The second kappa shape index (κ2) is 8.81. The molecule has 5 heteroatoms. The first kappa shape index (κ1) is 23.8. The number of benzene rings is 6. The molecule has 0 saturated heterocycles. The van der Waals surface area contributed by atoms with E-state index in [-0.39, 0.29) is 0 Å². The van der Waals surface area contributed by atoms with E-state index in [0.29, 0.717) is 11.3 Å². The SMILES string of the molecule is [C-]#[N+]c1cc(C#N)c(-n2c3ccccc3c3c4sc5ccccc5c4ccc32)cc1-n1c2ccccc2c2ccccc21. The summed E-state index contributed by atoms with van der Waals surface area (Å²) in [6.45, 7) is 8.12. The van der Waals surface area contributed by atoms with Gasteiger partial charge in [0.2, 0.25) is 5.69 Å². The molecule has 3 heterocycles. The largest absolute Gasteiger partial charge is 0.319 e. The number of fused-ring (bicyclic) bond motifs is 10. The Hall–Kier alpha value is -5.88. The highest BCUT2D eigenvalue weighted by molar-refractivity contribution is 7.26. The van der Waals surface area contributed by atoms with Crippen molar-refractivity contribution in [1.82, 2.24) is 9.13 Å². The Morgan fingerprint density at radius 1 is 0.581 bits per heavy atom. The predicted octanol–water partition coefficient (Wildman–Crippen LogP) is 10.7. The van der Waals surface area contributed by atoms with E-state index in [1.165, 1.54) is 25.6 Å². The van der Waals surface area contributed by atoms with Gasteiger partial charge in [0.1, 0.15) is 0 Å². The Balaban J connectivity index is 1.44. The Morgan fingerprint density at radius 2 is 1.16 bits per heavy atom. The van der Waals surface area contributed by atoms with Crippen LogP contribution in [-0.2, 0) is 0 Å². The first-order valence-corrected chi connectivity index (χ1v) is 14.9. The number of para-hydroxylation sites is 3. The summed E-state index contributed by atoms with van der Waals surface area (Å²) >= 11 is 1.81. The van der Waals surface area contributed by atoms with Crippen LogP contribution in [0, 0.1) is 17.9 Å². The van der Waals surface area contributed by atoms with Crippen molar-refractivity contribution in [3.8, 4) is 17.4 Å². The molecule has 0 radical (unpaired) electrons. The normalized spacial score (nSPS) is 11.7. The van der Waals surface area contributed by atoms with E-state index < -0.39 is 0 Å². The summed E-state index contributed by atoms with van der Waals surface area (Å²) in [6, 6.07) is 44.2. The van der Waals surface area contributed by atoms with Crippen molar-refractivity contribution >= 4 is 80.8 Å². The lowest BCUT2D eigenvalue weighted by molar-refractivity contribution is 1.13. The molecule has 3 aromatic heterocycles. The van der Waals surface area contributed by atoms with Crippen LogP contribution in [0.4, 0.5) is 5.69 Å². The maximum Gasteiger partial charge on any atom is 0.212 e. The number of thiophene rings is 1. The van der Waals surface area contributed by atoms with Crippen LogP contribution in [0.5, 0.6) is 0 Å². The topological polar surface area (TPSA) is 38.0 Å². The monoisotopic (exact) mass is 564 g/mol. The number of aromatic nitrogens is 2. The minimum Gasteiger partial charge on any atom is -0.319 e. The zero-order chi connectivity index (χ0) is 28.7. The summed E-state index contributed by atoms with van der Waals surface area (Å²) in [5, 5.41) is 17.5. The van der Waals surface area contributed by atoms with Crippen molar-refractivity contribution in [2.45, 2.75) is 0 Å². The highest BCUT2D eigenvalue weighted by Crippen LogP contribution is 2.44. The molecule has 0 N–H and O–H groups in total. The van der Waals surface area contributed by atoms with Gasteiger partial charge in [0.15, 0.2) is 0 Å². The quantitative estimate of drug-likeness (QED) is 0.192. The minimum absolute atomic E-state index is 0.444. The van der Waals surface area contributed by atoms with Gasteiger partial charge in [-0.2, -0.15) is 5.26 Å².